The predicted octanol–water partition coefficient (Wildman–Crippen LogP) is 2.04. The van der Waals surface area contributed by atoms with E-state index in [9.17, 15) is 9.59 Å². The number of rotatable bonds is 3. The maximum absolute atomic E-state index is 11.9. The minimum atomic E-state index is -0.383. The zero-order chi connectivity index (χ0) is 14.7. The van der Waals surface area contributed by atoms with Crippen LogP contribution in [0.25, 0.3) is 11.1 Å². The Kier molecular flexibility index (Phi) is 3.83. The van der Waals surface area contributed by atoms with Gasteiger partial charge in [-0.2, -0.15) is 11.3 Å². The molecule has 4 amide bonds. The van der Waals surface area contributed by atoms with Crippen molar-refractivity contribution in [2.24, 2.45) is 0 Å². The van der Waals surface area contributed by atoms with E-state index in [1.54, 1.807) is 23.7 Å². The Labute approximate surface area is 125 Å². The molecule has 108 valence electrons. The first kappa shape index (κ1) is 13.6. The maximum atomic E-state index is 11.9. The molecule has 0 unspecified atom stereocenters. The molecule has 2 aromatic heterocycles. The lowest BCUT2D eigenvalue weighted by Crippen LogP contribution is -2.41. The standard InChI is InChI=1S/C14H14N4O2S/c19-13-16-2-3-18(13)14(20)17-7-10-5-12(8-15-6-10)11-1-4-21-9-11/h1,4-6,8-9H,2-3,7H2,(H,16,19)(H,17,20). The van der Waals surface area contributed by atoms with Crippen LogP contribution in [-0.2, 0) is 6.54 Å². The first-order valence-corrected chi connectivity index (χ1v) is 7.48. The Morgan fingerprint density at radius 1 is 1.43 bits per heavy atom. The van der Waals surface area contributed by atoms with E-state index in [1.807, 2.05) is 22.9 Å². The van der Waals surface area contributed by atoms with Crippen LogP contribution in [0.1, 0.15) is 5.56 Å². The van der Waals surface area contributed by atoms with Gasteiger partial charge in [0.05, 0.1) is 0 Å². The van der Waals surface area contributed by atoms with Gasteiger partial charge in [-0.15, -0.1) is 0 Å². The topological polar surface area (TPSA) is 74.3 Å². The molecule has 1 aliphatic rings. The summed E-state index contributed by atoms with van der Waals surface area (Å²) in [6.07, 6.45) is 3.50. The van der Waals surface area contributed by atoms with E-state index in [1.165, 1.54) is 0 Å². The van der Waals surface area contributed by atoms with E-state index >= 15 is 0 Å². The summed E-state index contributed by atoms with van der Waals surface area (Å²) in [5.74, 6) is 0. The summed E-state index contributed by atoms with van der Waals surface area (Å²) < 4.78 is 0. The van der Waals surface area contributed by atoms with Crippen LogP contribution in [0.5, 0.6) is 0 Å². The van der Waals surface area contributed by atoms with Crippen molar-refractivity contribution in [3.05, 3.63) is 40.8 Å². The molecule has 3 heterocycles. The zero-order valence-electron chi connectivity index (χ0n) is 11.2. The molecule has 6 nitrogen and oxygen atoms in total. The molecule has 0 spiro atoms. The largest absolute Gasteiger partial charge is 0.336 e. The van der Waals surface area contributed by atoms with Crippen LogP contribution in [0, 0.1) is 0 Å². The lowest BCUT2D eigenvalue weighted by molar-refractivity contribution is 0.198. The summed E-state index contributed by atoms with van der Waals surface area (Å²) in [7, 11) is 0. The molecule has 0 radical (unpaired) electrons. The third kappa shape index (κ3) is 3.03. The Bertz CT molecular complexity index is 657. The summed E-state index contributed by atoms with van der Waals surface area (Å²) in [4.78, 5) is 28.6. The first-order chi connectivity index (χ1) is 10.2. The maximum Gasteiger partial charge on any atom is 0.325 e. The monoisotopic (exact) mass is 302 g/mol. The molecule has 0 saturated carbocycles. The highest BCUT2D eigenvalue weighted by Crippen LogP contribution is 2.21. The fourth-order valence-corrected chi connectivity index (χ4v) is 2.77. The van der Waals surface area contributed by atoms with Gasteiger partial charge in [-0.1, -0.05) is 0 Å². The number of thiophene rings is 1. The molecule has 7 heteroatoms. The number of imide groups is 1. The number of hydrogen-bond acceptors (Lipinski definition) is 4. The van der Waals surface area contributed by atoms with Crippen molar-refractivity contribution in [2.45, 2.75) is 6.54 Å². The number of hydrogen-bond donors (Lipinski definition) is 2. The van der Waals surface area contributed by atoms with Crippen molar-refractivity contribution >= 4 is 23.4 Å². The van der Waals surface area contributed by atoms with E-state index in [0.717, 1.165) is 21.6 Å². The van der Waals surface area contributed by atoms with Gasteiger partial charge in [0.2, 0.25) is 0 Å². The molecule has 21 heavy (non-hydrogen) atoms. The van der Waals surface area contributed by atoms with Crippen molar-refractivity contribution in [3.8, 4) is 11.1 Å². The third-order valence-electron chi connectivity index (χ3n) is 3.20. The average Bonchev–Trinajstić information content (AvgIpc) is 3.16. The van der Waals surface area contributed by atoms with Crippen LogP contribution >= 0.6 is 11.3 Å². The van der Waals surface area contributed by atoms with Gasteiger partial charge in [0, 0.05) is 37.6 Å². The fourth-order valence-electron chi connectivity index (χ4n) is 2.11. The highest BCUT2D eigenvalue weighted by atomic mass is 32.1. The van der Waals surface area contributed by atoms with Crippen molar-refractivity contribution in [2.75, 3.05) is 13.1 Å². The molecule has 1 saturated heterocycles. The average molecular weight is 302 g/mol. The van der Waals surface area contributed by atoms with Gasteiger partial charge in [-0.3, -0.25) is 4.98 Å². The Balaban J connectivity index is 1.64. The lowest BCUT2D eigenvalue weighted by atomic mass is 10.1. The number of aromatic nitrogens is 1. The second-order valence-corrected chi connectivity index (χ2v) is 5.42. The molecular formula is C14H14N4O2S. The molecular weight excluding hydrogens is 288 g/mol. The van der Waals surface area contributed by atoms with Gasteiger partial charge >= 0.3 is 12.1 Å². The molecule has 0 aromatic carbocycles. The number of carbonyl (C=O) groups excluding carboxylic acids is 2. The van der Waals surface area contributed by atoms with E-state index in [-0.39, 0.29) is 12.1 Å². The van der Waals surface area contributed by atoms with E-state index in [2.05, 4.69) is 15.6 Å². The van der Waals surface area contributed by atoms with Crippen molar-refractivity contribution in [1.29, 1.82) is 0 Å². The van der Waals surface area contributed by atoms with Crippen LogP contribution in [0.2, 0.25) is 0 Å². The minimum Gasteiger partial charge on any atom is -0.336 e. The molecule has 0 bridgehead atoms. The zero-order valence-corrected chi connectivity index (χ0v) is 12.0. The van der Waals surface area contributed by atoms with Gasteiger partial charge < -0.3 is 10.6 Å². The third-order valence-corrected chi connectivity index (χ3v) is 3.88. The van der Waals surface area contributed by atoms with Crippen molar-refractivity contribution in [3.63, 3.8) is 0 Å². The number of carbonyl (C=O) groups is 2. The van der Waals surface area contributed by atoms with E-state index < -0.39 is 0 Å². The second-order valence-electron chi connectivity index (χ2n) is 4.64. The smallest absolute Gasteiger partial charge is 0.325 e. The molecule has 2 N–H and O–H groups in total. The molecule has 2 aromatic rings. The summed E-state index contributed by atoms with van der Waals surface area (Å²) in [5.41, 5.74) is 3.02. The number of pyridine rings is 1. The number of urea groups is 2. The number of amides is 4. The highest BCUT2D eigenvalue weighted by molar-refractivity contribution is 7.08. The number of nitrogens with zero attached hydrogens (tertiary/aromatic N) is 2. The van der Waals surface area contributed by atoms with Crippen molar-refractivity contribution in [1.82, 2.24) is 20.5 Å². The molecule has 1 fully saturated rings. The fraction of sp³-hybridized carbons (Fsp3) is 0.214. The van der Waals surface area contributed by atoms with Gasteiger partial charge in [-0.25, -0.2) is 14.5 Å². The molecule has 1 aliphatic heterocycles. The summed E-state index contributed by atoms with van der Waals surface area (Å²) in [6.45, 7) is 1.24. The highest BCUT2D eigenvalue weighted by Gasteiger charge is 2.25. The van der Waals surface area contributed by atoms with Crippen molar-refractivity contribution < 1.29 is 9.59 Å². The Morgan fingerprint density at radius 3 is 3.05 bits per heavy atom. The van der Waals surface area contributed by atoms with Gasteiger partial charge in [-0.05, 0) is 34.0 Å². The van der Waals surface area contributed by atoms with Crippen LogP contribution in [0.15, 0.2) is 35.3 Å². The second kappa shape index (κ2) is 5.92. The summed E-state index contributed by atoms with van der Waals surface area (Å²) in [5, 5.41) is 9.38. The normalized spacial score (nSPS) is 14.1. The van der Waals surface area contributed by atoms with Crippen LogP contribution in [0.3, 0.4) is 0 Å². The summed E-state index contributed by atoms with van der Waals surface area (Å²) in [6, 6.07) is 3.28. The quantitative estimate of drug-likeness (QED) is 0.911. The molecule has 0 atom stereocenters. The lowest BCUT2D eigenvalue weighted by Gasteiger charge is -2.13. The minimum absolute atomic E-state index is 0.341. The van der Waals surface area contributed by atoms with Gasteiger partial charge in [0.1, 0.15) is 0 Å². The SMILES string of the molecule is O=C1NCCN1C(=O)NCc1cncc(-c2ccsc2)c1. The van der Waals surface area contributed by atoms with Crippen LogP contribution in [0.4, 0.5) is 9.59 Å². The van der Waals surface area contributed by atoms with Gasteiger partial charge in [0.15, 0.2) is 0 Å². The molecule has 0 aliphatic carbocycles. The number of nitrogens with one attached hydrogen (secondary N) is 2. The van der Waals surface area contributed by atoms with Gasteiger partial charge in [0.25, 0.3) is 0 Å². The predicted molar refractivity (Wildman–Crippen MR) is 79.9 cm³/mol. The van der Waals surface area contributed by atoms with Crippen LogP contribution in [-0.4, -0.2) is 35.0 Å². The summed E-state index contributed by atoms with van der Waals surface area (Å²) >= 11 is 1.63. The first-order valence-electron chi connectivity index (χ1n) is 6.54. The Hall–Kier alpha value is -2.41. The molecule has 3 rings (SSSR count). The van der Waals surface area contributed by atoms with E-state index in [4.69, 9.17) is 0 Å². The Morgan fingerprint density at radius 2 is 2.33 bits per heavy atom. The van der Waals surface area contributed by atoms with E-state index in [0.29, 0.717) is 19.6 Å². The van der Waals surface area contributed by atoms with Crippen LogP contribution < -0.4 is 10.6 Å².